The lowest BCUT2D eigenvalue weighted by Crippen LogP contribution is -2.43. The summed E-state index contributed by atoms with van der Waals surface area (Å²) in [4.78, 5) is 20.7. The van der Waals surface area contributed by atoms with Gasteiger partial charge in [-0.25, -0.2) is 4.98 Å². The highest BCUT2D eigenvalue weighted by molar-refractivity contribution is 5.77. The zero-order valence-corrected chi connectivity index (χ0v) is 14.8. The number of carbonyl (C=O) groups excluding carboxylic acids is 1. The molecule has 0 saturated carbocycles. The van der Waals surface area contributed by atoms with E-state index in [9.17, 15) is 4.79 Å². The van der Waals surface area contributed by atoms with Crippen LogP contribution >= 0.6 is 0 Å². The number of pyridine rings is 1. The number of hydrogen-bond donors (Lipinski definition) is 0. The van der Waals surface area contributed by atoms with Crippen LogP contribution in [0.2, 0.25) is 0 Å². The molecule has 25 heavy (non-hydrogen) atoms. The number of hydrogen-bond acceptors (Lipinski definition) is 4. The Hall–Kier alpha value is -2.50. The maximum Gasteiger partial charge on any atom is 0.225 e. The van der Waals surface area contributed by atoms with E-state index in [0.717, 1.165) is 37.9 Å². The molecule has 5 nitrogen and oxygen atoms in total. The highest BCUT2D eigenvalue weighted by Gasteiger charge is 2.27. The Labute approximate surface area is 150 Å². The van der Waals surface area contributed by atoms with Gasteiger partial charge in [-0.1, -0.05) is 24.3 Å². The van der Waals surface area contributed by atoms with Crippen LogP contribution in [0, 0.1) is 24.7 Å². The molecule has 1 aliphatic heterocycles. The molecule has 0 radical (unpaired) electrons. The van der Waals surface area contributed by atoms with E-state index in [0.29, 0.717) is 12.3 Å². The maximum absolute atomic E-state index is 12.6. The fourth-order valence-corrected chi connectivity index (χ4v) is 3.23. The third kappa shape index (κ3) is 5.24. The first-order valence-corrected chi connectivity index (χ1v) is 8.56. The van der Waals surface area contributed by atoms with Crippen molar-refractivity contribution in [1.82, 2.24) is 14.8 Å². The lowest BCUT2D eigenvalue weighted by molar-refractivity contribution is -0.131. The fraction of sp³-hybridized carbons (Fsp3) is 0.500. The van der Waals surface area contributed by atoms with Crippen molar-refractivity contribution >= 4 is 5.91 Å². The number of likely N-dealkylation sites (tertiary alicyclic amines) is 1. The number of piperidine rings is 1. The van der Waals surface area contributed by atoms with Gasteiger partial charge in [-0.05, 0) is 25.5 Å². The smallest absolute Gasteiger partial charge is 0.225 e. The minimum atomic E-state index is 0.0194. The molecule has 5 heteroatoms. The van der Waals surface area contributed by atoms with E-state index in [1.165, 1.54) is 0 Å². The molecule has 0 aliphatic carbocycles. The number of terminal acetylenes is 2. The molecule has 1 fully saturated rings. The second kappa shape index (κ2) is 9.71. The summed E-state index contributed by atoms with van der Waals surface area (Å²) in [5, 5.41) is 0. The maximum atomic E-state index is 12.6. The Bertz CT molecular complexity index is 644. The van der Waals surface area contributed by atoms with Crippen molar-refractivity contribution in [3.8, 4) is 30.6 Å². The molecular weight excluding hydrogens is 314 g/mol. The van der Waals surface area contributed by atoms with Gasteiger partial charge in [0.25, 0.3) is 0 Å². The van der Waals surface area contributed by atoms with Crippen LogP contribution in [0.3, 0.4) is 0 Å². The summed E-state index contributed by atoms with van der Waals surface area (Å²) < 4.78 is 5.35. The number of ether oxygens (including phenoxy) is 1. The van der Waals surface area contributed by atoms with Gasteiger partial charge < -0.3 is 9.64 Å². The molecule has 0 N–H and O–H groups in total. The first-order chi connectivity index (χ1) is 12.2. The van der Waals surface area contributed by atoms with Gasteiger partial charge in [0.2, 0.25) is 11.8 Å². The van der Waals surface area contributed by atoms with Crippen LogP contribution in [-0.4, -0.2) is 53.5 Å². The van der Waals surface area contributed by atoms with Gasteiger partial charge in [0.05, 0.1) is 20.2 Å². The topological polar surface area (TPSA) is 45.7 Å². The lowest BCUT2D eigenvalue weighted by Gasteiger charge is -2.36. The van der Waals surface area contributed by atoms with Gasteiger partial charge in [0.15, 0.2) is 0 Å². The van der Waals surface area contributed by atoms with Gasteiger partial charge in [0.1, 0.15) is 0 Å². The molecule has 1 amide bonds. The van der Waals surface area contributed by atoms with Crippen molar-refractivity contribution in [2.45, 2.75) is 38.3 Å². The molecule has 1 aromatic rings. The van der Waals surface area contributed by atoms with E-state index < -0.39 is 0 Å². The van der Waals surface area contributed by atoms with Crippen molar-refractivity contribution in [2.75, 3.05) is 26.7 Å². The van der Waals surface area contributed by atoms with Crippen molar-refractivity contribution in [3.63, 3.8) is 0 Å². The number of nitrogens with zero attached hydrogens (tertiary/aromatic N) is 3. The largest absolute Gasteiger partial charge is 0.481 e. The summed E-state index contributed by atoms with van der Waals surface area (Å²) >= 11 is 0. The summed E-state index contributed by atoms with van der Waals surface area (Å²) in [6.07, 6.45) is 16.1. The Balaban J connectivity index is 2.06. The Morgan fingerprint density at radius 3 is 2.84 bits per heavy atom. The highest BCUT2D eigenvalue weighted by atomic mass is 16.5. The standard InChI is InChI=1S/C20H25N3O2/c1-4-12-22(13-5-2)19(24)15-18-10-6-7-14-23(18)16-17-9-8-11-21-20(17)25-3/h1-2,8-9,11,18H,6-7,10,12-16H2,3H3/t18-/m1/s1. The van der Waals surface area contributed by atoms with Gasteiger partial charge >= 0.3 is 0 Å². The van der Waals surface area contributed by atoms with Crippen molar-refractivity contribution in [2.24, 2.45) is 0 Å². The highest BCUT2D eigenvalue weighted by Crippen LogP contribution is 2.25. The SMILES string of the molecule is C#CCN(CC#C)C(=O)C[C@H]1CCCCN1Cc1cccnc1OC. The van der Waals surface area contributed by atoms with Gasteiger partial charge in [-0.2, -0.15) is 0 Å². The lowest BCUT2D eigenvalue weighted by atomic mass is 9.98. The van der Waals surface area contributed by atoms with E-state index >= 15 is 0 Å². The molecule has 2 heterocycles. The minimum absolute atomic E-state index is 0.0194. The van der Waals surface area contributed by atoms with E-state index in [1.54, 1.807) is 18.2 Å². The molecule has 0 bridgehead atoms. The molecule has 132 valence electrons. The monoisotopic (exact) mass is 339 g/mol. The van der Waals surface area contributed by atoms with Crippen molar-refractivity contribution in [3.05, 3.63) is 23.9 Å². The second-order valence-corrected chi connectivity index (χ2v) is 6.15. The number of aromatic nitrogens is 1. The summed E-state index contributed by atoms with van der Waals surface area (Å²) in [6.45, 7) is 2.19. The summed E-state index contributed by atoms with van der Waals surface area (Å²) in [5.74, 6) is 5.67. The quantitative estimate of drug-likeness (QED) is 0.712. The van der Waals surface area contributed by atoms with E-state index in [2.05, 4.69) is 21.7 Å². The van der Waals surface area contributed by atoms with Crippen LogP contribution < -0.4 is 4.74 Å². The zero-order chi connectivity index (χ0) is 18.1. The third-order valence-corrected chi connectivity index (χ3v) is 4.49. The van der Waals surface area contributed by atoms with Crippen LogP contribution in [-0.2, 0) is 11.3 Å². The fourth-order valence-electron chi connectivity index (χ4n) is 3.23. The number of amides is 1. The molecule has 1 atom stereocenters. The molecule has 1 aliphatic rings. The molecule has 0 unspecified atom stereocenters. The van der Waals surface area contributed by atoms with Crippen LogP contribution in [0.1, 0.15) is 31.2 Å². The molecule has 2 rings (SSSR count). The summed E-state index contributed by atoms with van der Waals surface area (Å²) in [7, 11) is 1.63. The normalized spacial score (nSPS) is 17.3. The first-order valence-electron chi connectivity index (χ1n) is 8.56. The number of carbonyl (C=O) groups is 1. The van der Waals surface area contributed by atoms with Crippen LogP contribution in [0.4, 0.5) is 0 Å². The molecule has 0 spiro atoms. The third-order valence-electron chi connectivity index (χ3n) is 4.49. The Morgan fingerprint density at radius 2 is 2.16 bits per heavy atom. The van der Waals surface area contributed by atoms with Crippen LogP contribution in [0.25, 0.3) is 0 Å². The first kappa shape index (κ1) is 18.8. The predicted octanol–water partition coefficient (Wildman–Crippen LogP) is 1.93. The molecule has 1 aromatic heterocycles. The van der Waals surface area contributed by atoms with E-state index in [4.69, 9.17) is 17.6 Å². The second-order valence-electron chi connectivity index (χ2n) is 6.15. The predicted molar refractivity (Wildman–Crippen MR) is 97.7 cm³/mol. The van der Waals surface area contributed by atoms with Crippen molar-refractivity contribution in [1.29, 1.82) is 0 Å². The Kier molecular flexibility index (Phi) is 7.32. The minimum Gasteiger partial charge on any atom is -0.481 e. The summed E-state index contributed by atoms with van der Waals surface area (Å²) in [5.41, 5.74) is 1.04. The average Bonchev–Trinajstić information content (AvgIpc) is 2.63. The number of methoxy groups -OCH3 is 1. The molecular formula is C20H25N3O2. The van der Waals surface area contributed by atoms with Crippen molar-refractivity contribution < 1.29 is 9.53 Å². The summed E-state index contributed by atoms with van der Waals surface area (Å²) in [6, 6.07) is 4.11. The number of rotatable bonds is 7. The van der Waals surface area contributed by atoms with Gasteiger partial charge in [-0.15, -0.1) is 12.8 Å². The van der Waals surface area contributed by atoms with E-state index in [-0.39, 0.29) is 25.0 Å². The van der Waals surface area contributed by atoms with Crippen LogP contribution in [0.15, 0.2) is 18.3 Å². The zero-order valence-electron chi connectivity index (χ0n) is 14.8. The average molecular weight is 339 g/mol. The van der Waals surface area contributed by atoms with Gasteiger partial charge in [-0.3, -0.25) is 9.69 Å². The Morgan fingerprint density at radius 1 is 1.40 bits per heavy atom. The molecule has 1 saturated heterocycles. The van der Waals surface area contributed by atoms with Gasteiger partial charge in [0, 0.05) is 30.8 Å². The molecule has 0 aromatic carbocycles. The van der Waals surface area contributed by atoms with E-state index in [1.807, 2.05) is 12.1 Å². The van der Waals surface area contributed by atoms with Crippen LogP contribution in [0.5, 0.6) is 5.88 Å².